The summed E-state index contributed by atoms with van der Waals surface area (Å²) >= 11 is 1.67. The Kier molecular flexibility index (Phi) is 5.29. The molecule has 5 nitrogen and oxygen atoms in total. The van der Waals surface area contributed by atoms with Gasteiger partial charge in [0, 0.05) is 29.9 Å². The van der Waals surface area contributed by atoms with E-state index in [2.05, 4.69) is 39.4 Å². The van der Waals surface area contributed by atoms with Crippen molar-refractivity contribution in [2.75, 3.05) is 17.2 Å². The fraction of sp³-hybridized carbons (Fsp3) is 0.500. The molecule has 0 aliphatic heterocycles. The molecule has 2 aromatic rings. The van der Waals surface area contributed by atoms with Crippen molar-refractivity contribution in [3.8, 4) is 0 Å². The average Bonchev–Trinajstić information content (AvgIpc) is 2.99. The highest BCUT2D eigenvalue weighted by Crippen LogP contribution is 2.25. The number of nitrogens with one attached hydrogen (secondary N) is 2. The number of hydrogen-bond donors (Lipinski definition) is 2. The van der Waals surface area contributed by atoms with E-state index in [1.54, 1.807) is 11.3 Å². The van der Waals surface area contributed by atoms with Crippen LogP contribution in [0.3, 0.4) is 0 Å². The zero-order chi connectivity index (χ0) is 14.4. The Morgan fingerprint density at radius 1 is 1.30 bits per heavy atom. The van der Waals surface area contributed by atoms with Gasteiger partial charge in [-0.15, -0.1) is 11.3 Å². The number of thiazole rings is 1. The maximum Gasteiger partial charge on any atom is 0.224 e. The lowest BCUT2D eigenvalue weighted by atomic mass is 10.2. The van der Waals surface area contributed by atoms with Crippen molar-refractivity contribution in [2.45, 2.75) is 39.7 Å². The lowest BCUT2D eigenvalue weighted by molar-refractivity contribution is 0.735. The van der Waals surface area contributed by atoms with Crippen LogP contribution in [0.15, 0.2) is 17.8 Å². The third-order valence-corrected chi connectivity index (χ3v) is 3.86. The van der Waals surface area contributed by atoms with Crippen LogP contribution < -0.4 is 10.6 Å². The summed E-state index contributed by atoms with van der Waals surface area (Å²) in [6.45, 7) is 7.16. The van der Waals surface area contributed by atoms with Gasteiger partial charge in [-0.1, -0.05) is 13.8 Å². The molecule has 1 unspecified atom stereocenters. The average molecular weight is 291 g/mol. The summed E-state index contributed by atoms with van der Waals surface area (Å²) in [5, 5.41) is 9.78. The summed E-state index contributed by atoms with van der Waals surface area (Å²) in [5.41, 5.74) is 1.04. The molecule has 0 saturated carbocycles. The first-order valence-corrected chi connectivity index (χ1v) is 7.86. The van der Waals surface area contributed by atoms with E-state index >= 15 is 0 Å². The number of nitrogens with zero attached hydrogens (tertiary/aromatic N) is 3. The van der Waals surface area contributed by atoms with E-state index in [1.807, 2.05) is 24.7 Å². The molecule has 1 atom stereocenters. The van der Waals surface area contributed by atoms with Crippen molar-refractivity contribution >= 4 is 23.1 Å². The van der Waals surface area contributed by atoms with Crippen molar-refractivity contribution in [1.82, 2.24) is 15.0 Å². The molecule has 0 radical (unpaired) electrons. The predicted molar refractivity (Wildman–Crippen MR) is 84.3 cm³/mol. The van der Waals surface area contributed by atoms with Crippen molar-refractivity contribution in [3.05, 3.63) is 28.3 Å². The minimum atomic E-state index is 0.197. The van der Waals surface area contributed by atoms with Gasteiger partial charge >= 0.3 is 0 Å². The molecule has 2 heterocycles. The zero-order valence-corrected chi connectivity index (χ0v) is 13.0. The van der Waals surface area contributed by atoms with E-state index in [4.69, 9.17) is 0 Å². The molecule has 6 heteroatoms. The normalized spacial score (nSPS) is 12.2. The minimum Gasteiger partial charge on any atom is -0.360 e. The second kappa shape index (κ2) is 7.19. The highest BCUT2D eigenvalue weighted by Gasteiger charge is 2.14. The van der Waals surface area contributed by atoms with Crippen LogP contribution in [-0.2, 0) is 0 Å². The summed E-state index contributed by atoms with van der Waals surface area (Å²) < 4.78 is 0. The Hall–Kier alpha value is -1.69. The fourth-order valence-corrected chi connectivity index (χ4v) is 2.59. The monoisotopic (exact) mass is 291 g/mol. The van der Waals surface area contributed by atoms with Gasteiger partial charge in [0.2, 0.25) is 5.95 Å². The van der Waals surface area contributed by atoms with Gasteiger partial charge in [-0.05, 0) is 19.8 Å². The van der Waals surface area contributed by atoms with Gasteiger partial charge in [0.1, 0.15) is 10.8 Å². The van der Waals surface area contributed by atoms with Crippen molar-refractivity contribution in [2.24, 2.45) is 0 Å². The standard InChI is InChI=1S/C14H21N5S/c1-4-6-16-14-17-9-10(3)12(19-14)18-11(5-2)13-15-7-8-20-13/h7-9,11H,4-6H2,1-3H3,(H2,16,17,18,19). The second-order valence-electron chi connectivity index (χ2n) is 4.63. The third kappa shape index (κ3) is 3.66. The molecule has 2 aromatic heterocycles. The summed E-state index contributed by atoms with van der Waals surface area (Å²) in [5.74, 6) is 1.55. The molecule has 0 aliphatic rings. The number of aromatic nitrogens is 3. The fourth-order valence-electron chi connectivity index (χ4n) is 1.82. The topological polar surface area (TPSA) is 62.7 Å². The zero-order valence-electron chi connectivity index (χ0n) is 12.2. The molecule has 2 N–H and O–H groups in total. The van der Waals surface area contributed by atoms with Crippen LogP contribution in [0.25, 0.3) is 0 Å². The molecule has 0 saturated heterocycles. The van der Waals surface area contributed by atoms with Gasteiger partial charge in [0.15, 0.2) is 0 Å². The molecule has 2 rings (SSSR count). The van der Waals surface area contributed by atoms with Crippen LogP contribution in [0.1, 0.15) is 43.3 Å². The van der Waals surface area contributed by atoms with Gasteiger partial charge in [-0.2, -0.15) is 4.98 Å². The van der Waals surface area contributed by atoms with Crippen molar-refractivity contribution in [1.29, 1.82) is 0 Å². The molecule has 20 heavy (non-hydrogen) atoms. The Morgan fingerprint density at radius 3 is 2.80 bits per heavy atom. The summed E-state index contributed by atoms with van der Waals surface area (Å²) in [7, 11) is 0. The molecule has 0 fully saturated rings. The Labute approximate surface area is 123 Å². The molecular weight excluding hydrogens is 270 g/mol. The van der Waals surface area contributed by atoms with Gasteiger partial charge in [0.05, 0.1) is 6.04 Å². The molecule has 0 amide bonds. The highest BCUT2D eigenvalue weighted by molar-refractivity contribution is 7.09. The SMILES string of the molecule is CCCNc1ncc(C)c(NC(CC)c2nccs2)n1. The summed E-state index contributed by atoms with van der Waals surface area (Å²) in [6, 6.07) is 0.197. The van der Waals surface area contributed by atoms with Crippen LogP contribution in [-0.4, -0.2) is 21.5 Å². The van der Waals surface area contributed by atoms with E-state index < -0.39 is 0 Å². The number of rotatable bonds is 7. The van der Waals surface area contributed by atoms with Crippen molar-refractivity contribution in [3.63, 3.8) is 0 Å². The first kappa shape index (κ1) is 14.7. The Morgan fingerprint density at radius 2 is 2.15 bits per heavy atom. The molecule has 0 aromatic carbocycles. The number of aryl methyl sites for hydroxylation is 1. The minimum absolute atomic E-state index is 0.197. The summed E-state index contributed by atoms with van der Waals surface area (Å²) in [6.07, 6.45) is 5.71. The van der Waals surface area contributed by atoms with E-state index in [0.29, 0.717) is 5.95 Å². The second-order valence-corrected chi connectivity index (χ2v) is 5.55. The van der Waals surface area contributed by atoms with Crippen LogP contribution in [0.5, 0.6) is 0 Å². The Bertz CT molecular complexity index is 526. The molecule has 0 bridgehead atoms. The van der Waals surface area contributed by atoms with Crippen LogP contribution >= 0.6 is 11.3 Å². The van der Waals surface area contributed by atoms with Crippen LogP contribution in [0.2, 0.25) is 0 Å². The maximum atomic E-state index is 4.55. The largest absolute Gasteiger partial charge is 0.360 e. The lowest BCUT2D eigenvalue weighted by Crippen LogP contribution is -2.13. The van der Waals surface area contributed by atoms with E-state index in [9.17, 15) is 0 Å². The summed E-state index contributed by atoms with van der Waals surface area (Å²) in [4.78, 5) is 13.2. The number of hydrogen-bond acceptors (Lipinski definition) is 6. The van der Waals surface area contributed by atoms with Gasteiger partial charge in [0.25, 0.3) is 0 Å². The molecule has 0 aliphatic carbocycles. The van der Waals surface area contributed by atoms with Gasteiger partial charge in [-0.3, -0.25) is 0 Å². The van der Waals surface area contributed by atoms with Crippen LogP contribution in [0.4, 0.5) is 11.8 Å². The molecular formula is C14H21N5S. The van der Waals surface area contributed by atoms with E-state index in [1.165, 1.54) is 0 Å². The predicted octanol–water partition coefficient (Wildman–Crippen LogP) is 3.63. The molecule has 0 spiro atoms. The van der Waals surface area contributed by atoms with E-state index in [0.717, 1.165) is 35.8 Å². The molecule has 108 valence electrons. The third-order valence-electron chi connectivity index (χ3n) is 2.97. The Balaban J connectivity index is 2.14. The first-order chi connectivity index (χ1) is 9.74. The first-order valence-electron chi connectivity index (χ1n) is 6.98. The maximum absolute atomic E-state index is 4.55. The van der Waals surface area contributed by atoms with E-state index in [-0.39, 0.29) is 6.04 Å². The lowest BCUT2D eigenvalue weighted by Gasteiger charge is -2.17. The van der Waals surface area contributed by atoms with Gasteiger partial charge < -0.3 is 10.6 Å². The van der Waals surface area contributed by atoms with Crippen molar-refractivity contribution < 1.29 is 0 Å². The smallest absolute Gasteiger partial charge is 0.224 e. The highest BCUT2D eigenvalue weighted by atomic mass is 32.1. The van der Waals surface area contributed by atoms with Gasteiger partial charge in [-0.25, -0.2) is 9.97 Å². The quantitative estimate of drug-likeness (QED) is 0.815. The van der Waals surface area contributed by atoms with Crippen LogP contribution in [0, 0.1) is 6.92 Å². The number of anilines is 2.